The second-order valence-electron chi connectivity index (χ2n) is 5.90. The molecule has 0 unspecified atom stereocenters. The number of phenolic OH excluding ortho intramolecular Hbond substituents is 1. The van der Waals surface area contributed by atoms with Gasteiger partial charge in [-0.1, -0.05) is 17.7 Å². The largest absolute Gasteiger partial charge is 0.504 e. The molecule has 3 rings (SSSR count). The van der Waals surface area contributed by atoms with Crippen molar-refractivity contribution >= 4 is 17.3 Å². The lowest BCUT2D eigenvalue weighted by Crippen LogP contribution is -3.13. The number of rotatable bonds is 4. The van der Waals surface area contributed by atoms with Crippen LogP contribution in [0.5, 0.6) is 11.5 Å². The molecule has 2 aromatic carbocycles. The van der Waals surface area contributed by atoms with E-state index in [2.05, 4.69) is 11.0 Å². The van der Waals surface area contributed by atoms with Crippen molar-refractivity contribution in [2.75, 3.05) is 38.2 Å². The lowest BCUT2D eigenvalue weighted by molar-refractivity contribution is -0.914. The smallest absolute Gasteiger partial charge is 0.160 e. The van der Waals surface area contributed by atoms with E-state index in [0.29, 0.717) is 5.75 Å². The minimum Gasteiger partial charge on any atom is -0.504 e. The fourth-order valence-electron chi connectivity index (χ4n) is 3.06. The summed E-state index contributed by atoms with van der Waals surface area (Å²) in [4.78, 5) is 3.90. The number of anilines is 1. The standard InChI is InChI=1S/C18H21ClN2O2/c1-23-18-6-5-14(11-17(18)22)13-20-7-9-21(10-8-20)16-4-2-3-15(19)12-16/h2-6,11-12,22H,7-10,13H2,1H3/p+1. The Kier molecular flexibility index (Phi) is 4.94. The van der Waals surface area contributed by atoms with Crippen LogP contribution >= 0.6 is 11.6 Å². The highest BCUT2D eigenvalue weighted by Gasteiger charge is 2.20. The monoisotopic (exact) mass is 333 g/mol. The summed E-state index contributed by atoms with van der Waals surface area (Å²) in [5.74, 6) is 0.733. The number of benzene rings is 2. The molecular weight excluding hydrogens is 312 g/mol. The van der Waals surface area contributed by atoms with Crippen molar-refractivity contribution in [2.24, 2.45) is 0 Å². The van der Waals surface area contributed by atoms with E-state index in [9.17, 15) is 5.11 Å². The first kappa shape index (κ1) is 16.0. The van der Waals surface area contributed by atoms with Gasteiger partial charge in [-0.15, -0.1) is 0 Å². The third kappa shape index (κ3) is 3.89. The van der Waals surface area contributed by atoms with E-state index in [1.54, 1.807) is 13.2 Å². The average Bonchev–Trinajstić information content (AvgIpc) is 2.56. The zero-order valence-corrected chi connectivity index (χ0v) is 14.0. The number of phenols is 1. The second kappa shape index (κ2) is 7.11. The Hall–Kier alpha value is -1.91. The molecule has 23 heavy (non-hydrogen) atoms. The topological polar surface area (TPSA) is 37.1 Å². The van der Waals surface area contributed by atoms with E-state index >= 15 is 0 Å². The molecule has 1 heterocycles. The van der Waals surface area contributed by atoms with Crippen molar-refractivity contribution in [2.45, 2.75) is 6.54 Å². The molecular formula is C18H22ClN2O2+. The maximum absolute atomic E-state index is 9.88. The zero-order valence-electron chi connectivity index (χ0n) is 13.3. The first-order chi connectivity index (χ1) is 11.2. The fourth-order valence-corrected chi connectivity index (χ4v) is 3.25. The minimum atomic E-state index is 0.210. The lowest BCUT2D eigenvalue weighted by Gasteiger charge is -2.33. The van der Waals surface area contributed by atoms with Gasteiger partial charge in [0.1, 0.15) is 6.54 Å². The van der Waals surface area contributed by atoms with Gasteiger partial charge < -0.3 is 19.6 Å². The molecule has 5 heteroatoms. The van der Waals surface area contributed by atoms with Crippen LogP contribution in [-0.4, -0.2) is 38.4 Å². The number of quaternary nitrogens is 1. The van der Waals surface area contributed by atoms with Crippen molar-refractivity contribution in [3.8, 4) is 11.5 Å². The Morgan fingerprint density at radius 2 is 1.96 bits per heavy atom. The highest BCUT2D eigenvalue weighted by Crippen LogP contribution is 2.26. The van der Waals surface area contributed by atoms with Crippen molar-refractivity contribution < 1.29 is 14.7 Å². The number of nitrogens with zero attached hydrogens (tertiary/aromatic N) is 1. The number of methoxy groups -OCH3 is 1. The fraction of sp³-hybridized carbons (Fsp3) is 0.333. The molecule has 1 saturated heterocycles. The molecule has 0 aliphatic carbocycles. The van der Waals surface area contributed by atoms with Gasteiger partial charge in [-0.2, -0.15) is 0 Å². The van der Waals surface area contributed by atoms with Gasteiger partial charge >= 0.3 is 0 Å². The van der Waals surface area contributed by atoms with Crippen molar-refractivity contribution in [3.05, 3.63) is 53.1 Å². The first-order valence-corrected chi connectivity index (χ1v) is 8.23. The van der Waals surface area contributed by atoms with Gasteiger partial charge in [0.05, 0.1) is 33.3 Å². The molecule has 0 radical (unpaired) electrons. The summed E-state index contributed by atoms with van der Waals surface area (Å²) < 4.78 is 5.09. The number of nitrogens with one attached hydrogen (secondary N) is 1. The summed E-state index contributed by atoms with van der Waals surface area (Å²) in [6, 6.07) is 13.7. The van der Waals surface area contributed by atoms with Gasteiger partial charge in [-0.05, 0) is 36.4 Å². The maximum Gasteiger partial charge on any atom is 0.160 e. The quantitative estimate of drug-likeness (QED) is 0.898. The van der Waals surface area contributed by atoms with Gasteiger partial charge in [-0.25, -0.2) is 0 Å². The molecule has 2 N–H and O–H groups in total. The number of aromatic hydroxyl groups is 1. The average molecular weight is 334 g/mol. The van der Waals surface area contributed by atoms with Gasteiger partial charge in [0.2, 0.25) is 0 Å². The summed E-state index contributed by atoms with van der Waals surface area (Å²) in [5.41, 5.74) is 2.33. The predicted molar refractivity (Wildman–Crippen MR) is 92.7 cm³/mol. The third-order valence-electron chi connectivity index (χ3n) is 4.34. The second-order valence-corrected chi connectivity index (χ2v) is 6.34. The van der Waals surface area contributed by atoms with Crippen molar-refractivity contribution in [3.63, 3.8) is 0 Å². The molecule has 0 bridgehead atoms. The molecule has 2 aromatic rings. The van der Waals surface area contributed by atoms with Crippen LogP contribution in [0.3, 0.4) is 0 Å². The van der Waals surface area contributed by atoms with Crippen LogP contribution in [0, 0.1) is 0 Å². The number of ether oxygens (including phenoxy) is 1. The van der Waals surface area contributed by atoms with Gasteiger partial charge in [-0.3, -0.25) is 0 Å². The first-order valence-electron chi connectivity index (χ1n) is 7.85. The van der Waals surface area contributed by atoms with E-state index in [4.69, 9.17) is 16.3 Å². The Labute approximate surface area is 141 Å². The Morgan fingerprint density at radius 1 is 1.17 bits per heavy atom. The highest BCUT2D eigenvalue weighted by molar-refractivity contribution is 6.30. The summed E-state index contributed by atoms with van der Waals surface area (Å²) in [6.45, 7) is 5.08. The molecule has 1 aliphatic heterocycles. The van der Waals surface area contributed by atoms with Crippen LogP contribution in [0.4, 0.5) is 5.69 Å². The van der Waals surface area contributed by atoms with Crippen LogP contribution < -0.4 is 14.5 Å². The van der Waals surface area contributed by atoms with E-state index in [-0.39, 0.29) is 5.75 Å². The Balaban J connectivity index is 1.58. The van der Waals surface area contributed by atoms with Crippen molar-refractivity contribution in [1.82, 2.24) is 0 Å². The van der Waals surface area contributed by atoms with E-state index in [0.717, 1.165) is 43.3 Å². The summed E-state index contributed by atoms with van der Waals surface area (Å²) in [6.07, 6.45) is 0. The van der Waals surface area contributed by atoms with Crippen LogP contribution in [0.25, 0.3) is 0 Å². The molecule has 0 saturated carbocycles. The number of piperazine rings is 1. The molecule has 1 aliphatic rings. The Morgan fingerprint density at radius 3 is 2.61 bits per heavy atom. The predicted octanol–water partition coefficient (Wildman–Crippen LogP) is 1.96. The molecule has 0 aromatic heterocycles. The highest BCUT2D eigenvalue weighted by atomic mass is 35.5. The summed E-state index contributed by atoms with van der Waals surface area (Å²) in [7, 11) is 1.56. The van der Waals surface area contributed by atoms with Gasteiger partial charge in [0, 0.05) is 16.3 Å². The molecule has 122 valence electrons. The summed E-state index contributed by atoms with van der Waals surface area (Å²) in [5, 5.41) is 10.7. The minimum absolute atomic E-state index is 0.210. The molecule has 4 nitrogen and oxygen atoms in total. The van der Waals surface area contributed by atoms with Crippen LogP contribution in [0.2, 0.25) is 5.02 Å². The van der Waals surface area contributed by atoms with E-state index < -0.39 is 0 Å². The van der Waals surface area contributed by atoms with Crippen LogP contribution in [-0.2, 0) is 6.54 Å². The number of hydrogen-bond acceptors (Lipinski definition) is 3. The number of halogens is 1. The van der Waals surface area contributed by atoms with Gasteiger partial charge in [0.15, 0.2) is 11.5 Å². The third-order valence-corrected chi connectivity index (χ3v) is 4.58. The van der Waals surface area contributed by atoms with E-state index in [1.165, 1.54) is 10.6 Å². The van der Waals surface area contributed by atoms with E-state index in [1.807, 2.05) is 30.3 Å². The van der Waals surface area contributed by atoms with Crippen molar-refractivity contribution in [1.29, 1.82) is 0 Å². The normalized spacial score (nSPS) is 15.7. The number of hydrogen-bond donors (Lipinski definition) is 2. The van der Waals surface area contributed by atoms with Gasteiger partial charge in [0.25, 0.3) is 0 Å². The Bertz CT molecular complexity index is 670. The SMILES string of the molecule is COc1ccc(C[NH+]2CCN(c3cccc(Cl)c3)CC2)cc1O. The molecule has 1 fully saturated rings. The van der Waals surface area contributed by atoms with Crippen LogP contribution in [0.15, 0.2) is 42.5 Å². The lowest BCUT2D eigenvalue weighted by atomic mass is 10.1. The zero-order chi connectivity index (χ0) is 16.2. The molecule has 0 amide bonds. The maximum atomic E-state index is 9.88. The van der Waals surface area contributed by atoms with Crippen LogP contribution in [0.1, 0.15) is 5.56 Å². The summed E-state index contributed by atoms with van der Waals surface area (Å²) >= 11 is 6.07. The molecule has 0 atom stereocenters. The molecule has 0 spiro atoms.